The average Bonchev–Trinajstić information content (AvgIpc) is 2.76. The predicted octanol–water partition coefficient (Wildman–Crippen LogP) is 2.25. The molecule has 0 saturated carbocycles. The molecule has 2 aromatic rings. The van der Waals surface area contributed by atoms with E-state index in [0.29, 0.717) is 36.5 Å². The van der Waals surface area contributed by atoms with Gasteiger partial charge in [0.05, 0.1) is 6.54 Å². The largest absolute Gasteiger partial charge is 0.385 e. The number of rotatable bonds is 11. The molecule has 0 spiro atoms. The topological polar surface area (TPSA) is 109 Å². The molecule has 3 amide bonds. The Morgan fingerprint density at radius 3 is 1.97 bits per heavy atom. The van der Waals surface area contributed by atoms with Crippen molar-refractivity contribution in [1.29, 1.82) is 0 Å². The monoisotopic (exact) mass is 412 g/mol. The standard InChI is InChI=1S/C22H28N4O4/c1-3-23-21(28)16-7-11-19(12-8-16)26-20(27)15-25-18-9-5-17(6-10-18)22(29)24-13-4-14-30-2/h5-12,25H,3-4,13-15H2,1-2H3,(H,23,28)(H,24,29)(H,26,27). The van der Waals surface area contributed by atoms with Gasteiger partial charge in [-0.1, -0.05) is 0 Å². The molecule has 8 heteroatoms. The van der Waals surface area contributed by atoms with Crippen molar-refractivity contribution >= 4 is 29.1 Å². The second-order valence-electron chi connectivity index (χ2n) is 6.52. The molecule has 0 aliphatic carbocycles. The van der Waals surface area contributed by atoms with Crippen molar-refractivity contribution in [2.45, 2.75) is 13.3 Å². The van der Waals surface area contributed by atoms with Crippen molar-refractivity contribution in [2.75, 3.05) is 44.0 Å². The van der Waals surface area contributed by atoms with Crippen LogP contribution in [0.5, 0.6) is 0 Å². The fraction of sp³-hybridized carbons (Fsp3) is 0.318. The van der Waals surface area contributed by atoms with Crippen LogP contribution in [-0.2, 0) is 9.53 Å². The molecule has 2 aromatic carbocycles. The number of benzene rings is 2. The summed E-state index contributed by atoms with van der Waals surface area (Å²) in [7, 11) is 1.62. The molecule has 2 rings (SSSR count). The summed E-state index contributed by atoms with van der Waals surface area (Å²) in [5.74, 6) is -0.517. The van der Waals surface area contributed by atoms with Gasteiger partial charge in [0.2, 0.25) is 5.91 Å². The first-order valence-corrected chi connectivity index (χ1v) is 9.82. The van der Waals surface area contributed by atoms with Crippen LogP contribution >= 0.6 is 0 Å². The van der Waals surface area contributed by atoms with Gasteiger partial charge in [-0.25, -0.2) is 0 Å². The van der Waals surface area contributed by atoms with Gasteiger partial charge in [0.15, 0.2) is 0 Å². The predicted molar refractivity (Wildman–Crippen MR) is 117 cm³/mol. The van der Waals surface area contributed by atoms with Crippen LogP contribution in [0.4, 0.5) is 11.4 Å². The fourth-order valence-corrected chi connectivity index (χ4v) is 2.62. The van der Waals surface area contributed by atoms with E-state index in [4.69, 9.17) is 4.74 Å². The summed E-state index contributed by atoms with van der Waals surface area (Å²) in [4.78, 5) is 35.9. The van der Waals surface area contributed by atoms with E-state index in [2.05, 4.69) is 21.3 Å². The Kier molecular flexibility index (Phi) is 9.33. The normalized spacial score (nSPS) is 10.2. The lowest BCUT2D eigenvalue weighted by Crippen LogP contribution is -2.25. The number of carbonyl (C=O) groups is 3. The summed E-state index contributed by atoms with van der Waals surface area (Å²) in [6, 6.07) is 13.6. The van der Waals surface area contributed by atoms with Crippen LogP contribution in [0, 0.1) is 0 Å². The number of methoxy groups -OCH3 is 1. The van der Waals surface area contributed by atoms with Crippen LogP contribution in [0.25, 0.3) is 0 Å². The summed E-state index contributed by atoms with van der Waals surface area (Å²) >= 11 is 0. The lowest BCUT2D eigenvalue weighted by Gasteiger charge is -2.09. The van der Waals surface area contributed by atoms with E-state index >= 15 is 0 Å². The number of carbonyl (C=O) groups excluding carboxylic acids is 3. The Hall–Kier alpha value is -3.39. The van der Waals surface area contributed by atoms with Crippen molar-refractivity contribution in [3.63, 3.8) is 0 Å². The van der Waals surface area contributed by atoms with Crippen LogP contribution in [0.1, 0.15) is 34.1 Å². The first kappa shape index (κ1) is 22.9. The van der Waals surface area contributed by atoms with E-state index in [1.807, 2.05) is 6.92 Å². The molecular weight excluding hydrogens is 384 g/mol. The summed E-state index contributed by atoms with van der Waals surface area (Å²) in [6.07, 6.45) is 0.756. The molecule has 0 unspecified atom stereocenters. The third-order valence-corrected chi connectivity index (χ3v) is 4.18. The van der Waals surface area contributed by atoms with E-state index in [1.54, 1.807) is 55.6 Å². The van der Waals surface area contributed by atoms with Crippen molar-refractivity contribution in [1.82, 2.24) is 10.6 Å². The Morgan fingerprint density at radius 1 is 0.833 bits per heavy atom. The zero-order chi connectivity index (χ0) is 21.8. The van der Waals surface area contributed by atoms with Gasteiger partial charge in [-0.15, -0.1) is 0 Å². The van der Waals surface area contributed by atoms with Crippen molar-refractivity contribution < 1.29 is 19.1 Å². The number of amides is 3. The van der Waals surface area contributed by atoms with Crippen molar-refractivity contribution in [3.8, 4) is 0 Å². The highest BCUT2D eigenvalue weighted by Gasteiger charge is 2.07. The number of ether oxygens (including phenoxy) is 1. The zero-order valence-corrected chi connectivity index (χ0v) is 17.3. The molecule has 8 nitrogen and oxygen atoms in total. The van der Waals surface area contributed by atoms with Gasteiger partial charge in [0.25, 0.3) is 11.8 Å². The zero-order valence-electron chi connectivity index (χ0n) is 17.3. The smallest absolute Gasteiger partial charge is 0.251 e. The van der Waals surface area contributed by atoms with Crippen LogP contribution in [-0.4, -0.2) is 51.1 Å². The van der Waals surface area contributed by atoms with E-state index in [0.717, 1.165) is 12.1 Å². The molecule has 0 atom stereocenters. The summed E-state index contributed by atoms with van der Waals surface area (Å²) < 4.78 is 4.94. The lowest BCUT2D eigenvalue weighted by atomic mass is 10.2. The SMILES string of the molecule is CCNC(=O)c1ccc(NC(=O)CNc2ccc(C(=O)NCCCOC)cc2)cc1. The minimum atomic E-state index is -0.222. The van der Waals surface area contributed by atoms with Gasteiger partial charge >= 0.3 is 0 Å². The van der Waals surface area contributed by atoms with Gasteiger partial charge in [0, 0.05) is 49.3 Å². The molecule has 0 radical (unpaired) electrons. The Labute approximate surface area is 176 Å². The molecule has 0 aliphatic heterocycles. The molecule has 0 bridgehead atoms. The average molecular weight is 412 g/mol. The highest BCUT2D eigenvalue weighted by Crippen LogP contribution is 2.11. The van der Waals surface area contributed by atoms with E-state index < -0.39 is 0 Å². The first-order valence-electron chi connectivity index (χ1n) is 9.82. The first-order chi connectivity index (χ1) is 14.5. The number of hydrogen-bond donors (Lipinski definition) is 4. The summed E-state index contributed by atoms with van der Waals surface area (Å²) in [5.41, 5.74) is 2.42. The molecule has 160 valence electrons. The summed E-state index contributed by atoms with van der Waals surface area (Å²) in [6.45, 7) is 3.64. The highest BCUT2D eigenvalue weighted by molar-refractivity contribution is 5.97. The number of anilines is 2. The second-order valence-corrected chi connectivity index (χ2v) is 6.52. The van der Waals surface area contributed by atoms with Gasteiger partial charge in [-0.05, 0) is 61.9 Å². The van der Waals surface area contributed by atoms with Gasteiger partial charge in [-0.3, -0.25) is 14.4 Å². The maximum Gasteiger partial charge on any atom is 0.251 e. The number of nitrogens with one attached hydrogen (secondary N) is 4. The van der Waals surface area contributed by atoms with Crippen LogP contribution in [0.2, 0.25) is 0 Å². The maximum absolute atomic E-state index is 12.1. The molecule has 30 heavy (non-hydrogen) atoms. The van der Waals surface area contributed by atoms with E-state index in [-0.39, 0.29) is 24.3 Å². The van der Waals surface area contributed by atoms with Crippen LogP contribution in [0.3, 0.4) is 0 Å². The molecular formula is C22H28N4O4. The third kappa shape index (κ3) is 7.56. The highest BCUT2D eigenvalue weighted by atomic mass is 16.5. The van der Waals surface area contributed by atoms with Crippen LogP contribution < -0.4 is 21.3 Å². The molecule has 0 aliphatic rings. The van der Waals surface area contributed by atoms with E-state index in [1.165, 1.54) is 0 Å². The molecule has 0 fully saturated rings. The van der Waals surface area contributed by atoms with Crippen molar-refractivity contribution in [3.05, 3.63) is 59.7 Å². The maximum atomic E-state index is 12.1. The van der Waals surface area contributed by atoms with Crippen molar-refractivity contribution in [2.24, 2.45) is 0 Å². The second kappa shape index (κ2) is 12.2. The molecule has 0 saturated heterocycles. The Balaban J connectivity index is 1.77. The molecule has 0 aromatic heterocycles. The minimum absolute atomic E-state index is 0.0701. The van der Waals surface area contributed by atoms with Gasteiger partial charge in [-0.2, -0.15) is 0 Å². The fourth-order valence-electron chi connectivity index (χ4n) is 2.62. The van der Waals surface area contributed by atoms with Gasteiger partial charge in [0.1, 0.15) is 0 Å². The summed E-state index contributed by atoms with van der Waals surface area (Å²) in [5, 5.41) is 11.3. The quantitative estimate of drug-likeness (QED) is 0.424. The Morgan fingerprint density at radius 2 is 1.40 bits per heavy atom. The van der Waals surface area contributed by atoms with Gasteiger partial charge < -0.3 is 26.0 Å². The minimum Gasteiger partial charge on any atom is -0.385 e. The third-order valence-electron chi connectivity index (χ3n) is 4.18. The molecule has 0 heterocycles. The Bertz CT molecular complexity index is 835. The van der Waals surface area contributed by atoms with Crippen LogP contribution in [0.15, 0.2) is 48.5 Å². The van der Waals surface area contributed by atoms with E-state index in [9.17, 15) is 14.4 Å². The number of hydrogen-bond acceptors (Lipinski definition) is 5. The molecule has 4 N–H and O–H groups in total. The lowest BCUT2D eigenvalue weighted by molar-refractivity contribution is -0.114.